The Balaban J connectivity index is 1.17. The molecule has 2 unspecified atom stereocenters. The van der Waals surface area contributed by atoms with Gasteiger partial charge in [0.1, 0.15) is 23.6 Å². The second-order valence-corrected chi connectivity index (χ2v) is 13.3. The van der Waals surface area contributed by atoms with Gasteiger partial charge in [0, 0.05) is 30.8 Å². The van der Waals surface area contributed by atoms with Gasteiger partial charge in [-0.1, -0.05) is 19.8 Å². The van der Waals surface area contributed by atoms with Crippen LogP contribution in [0.5, 0.6) is 11.5 Å². The normalized spacial score (nSPS) is 22.4. The number of nitrogens with zero attached hydrogens (tertiary/aromatic N) is 5. The number of aromatic nitrogens is 2. The van der Waals surface area contributed by atoms with Crippen LogP contribution in [0.2, 0.25) is 0 Å². The van der Waals surface area contributed by atoms with Crippen molar-refractivity contribution in [3.63, 3.8) is 0 Å². The Morgan fingerprint density at radius 1 is 1.21 bits per heavy atom. The van der Waals surface area contributed by atoms with Gasteiger partial charge >= 0.3 is 0 Å². The molecule has 2 aliphatic carbocycles. The van der Waals surface area contributed by atoms with E-state index in [0.717, 1.165) is 64.6 Å². The smallest absolute Gasteiger partial charge is 0.261 e. The van der Waals surface area contributed by atoms with Crippen molar-refractivity contribution in [2.75, 3.05) is 31.4 Å². The van der Waals surface area contributed by atoms with Crippen LogP contribution >= 0.6 is 12.1 Å². The molecule has 2 aromatic carbocycles. The maximum absolute atomic E-state index is 14.9. The van der Waals surface area contributed by atoms with E-state index in [-0.39, 0.29) is 40.1 Å². The largest absolute Gasteiger partial charge is 0.453 e. The summed E-state index contributed by atoms with van der Waals surface area (Å²) in [6, 6.07) is 9.82. The number of alkyl halides is 1. The first kappa shape index (κ1) is 29.9. The van der Waals surface area contributed by atoms with Crippen molar-refractivity contribution in [3.05, 3.63) is 58.4 Å². The van der Waals surface area contributed by atoms with E-state index in [9.17, 15) is 18.8 Å². The maximum Gasteiger partial charge on any atom is 0.261 e. The van der Waals surface area contributed by atoms with E-state index in [2.05, 4.69) is 14.6 Å². The van der Waals surface area contributed by atoms with Crippen LogP contribution < -0.4 is 15.0 Å². The number of ether oxygens (including phenoxy) is 1. The van der Waals surface area contributed by atoms with E-state index < -0.39 is 12.0 Å². The topological polar surface area (TPSA) is 86.4 Å². The zero-order valence-electron chi connectivity index (χ0n) is 24.7. The first-order valence-corrected chi connectivity index (χ1v) is 16.0. The molecule has 1 spiro atoms. The summed E-state index contributed by atoms with van der Waals surface area (Å²) in [7, 11) is 1.90. The number of hydrogen-bond acceptors (Lipinski definition) is 8. The number of nitriles is 1. The van der Waals surface area contributed by atoms with Crippen LogP contribution in [0.3, 0.4) is 0 Å². The van der Waals surface area contributed by atoms with Gasteiger partial charge < -0.3 is 9.46 Å². The predicted molar refractivity (Wildman–Crippen MR) is 165 cm³/mol. The van der Waals surface area contributed by atoms with Crippen LogP contribution in [0.1, 0.15) is 69.9 Å². The highest BCUT2D eigenvalue weighted by molar-refractivity contribution is 7.98. The summed E-state index contributed by atoms with van der Waals surface area (Å²) in [5.74, 6) is -0.618. The molecule has 3 aromatic rings. The summed E-state index contributed by atoms with van der Waals surface area (Å²) >= 11 is 1.29. The Bertz CT molecular complexity index is 1580. The average Bonchev–Trinajstić information content (AvgIpc) is 3.01. The molecule has 8 nitrogen and oxygen atoms in total. The van der Waals surface area contributed by atoms with Gasteiger partial charge in [-0.2, -0.15) is 5.26 Å². The van der Waals surface area contributed by atoms with Crippen LogP contribution in [-0.4, -0.2) is 57.7 Å². The fourth-order valence-corrected chi connectivity index (χ4v) is 7.51. The van der Waals surface area contributed by atoms with Crippen molar-refractivity contribution in [2.45, 2.75) is 76.5 Å². The van der Waals surface area contributed by atoms with Gasteiger partial charge in [-0.3, -0.25) is 14.3 Å². The lowest BCUT2D eigenvalue weighted by Crippen LogP contribution is -2.53. The molecule has 1 N–H and O–H groups in total. The summed E-state index contributed by atoms with van der Waals surface area (Å²) < 4.78 is 42.0. The zero-order chi connectivity index (χ0) is 30.1. The summed E-state index contributed by atoms with van der Waals surface area (Å²) in [5.41, 5.74) is 1.04. The standard InChI is InChI=1S/C32H38F2N6O2S/c1-3-38(2)43-37-28-11-9-26(34)30(24(28)19-35)42-22-8-10-27-23(16-22)31(41)40(20-36-27)21-17-32(18-21)12-14-39(15-13-32)29-7-5-4-6-25(29)33/h8-11,16,20-21,25,29,37H,3-7,12-15,17-18H2,1-2H3. The quantitative estimate of drug-likeness (QED) is 0.279. The minimum absolute atomic E-state index is 0.0389. The number of hydrogen-bond donors (Lipinski definition) is 1. The molecule has 1 aliphatic heterocycles. The highest BCUT2D eigenvalue weighted by Crippen LogP contribution is 2.54. The Labute approximate surface area is 255 Å². The van der Waals surface area contributed by atoms with Crippen molar-refractivity contribution in [2.24, 2.45) is 5.41 Å². The third-order valence-corrected chi connectivity index (χ3v) is 10.5. The number of piperidine rings is 1. The number of rotatable bonds is 8. The summed E-state index contributed by atoms with van der Waals surface area (Å²) in [6.45, 7) is 4.62. The van der Waals surface area contributed by atoms with E-state index in [0.29, 0.717) is 23.0 Å². The zero-order valence-corrected chi connectivity index (χ0v) is 25.5. The van der Waals surface area contributed by atoms with Crippen LogP contribution in [0.15, 0.2) is 41.5 Å². The second kappa shape index (κ2) is 12.4. The van der Waals surface area contributed by atoms with Crippen molar-refractivity contribution in [1.29, 1.82) is 5.26 Å². The van der Waals surface area contributed by atoms with Crippen molar-refractivity contribution >= 4 is 28.7 Å². The fourth-order valence-electron chi connectivity index (χ4n) is 6.95. The fraction of sp³-hybridized carbons (Fsp3) is 0.531. The number of fused-ring (bicyclic) bond motifs is 1. The molecule has 43 heavy (non-hydrogen) atoms. The molecule has 1 saturated heterocycles. The number of nitrogens with one attached hydrogen (secondary N) is 1. The van der Waals surface area contributed by atoms with Crippen LogP contribution in [0.4, 0.5) is 14.5 Å². The molecule has 0 amide bonds. The molecule has 3 fully saturated rings. The predicted octanol–water partition coefficient (Wildman–Crippen LogP) is 6.82. The third-order valence-electron chi connectivity index (χ3n) is 9.66. The lowest BCUT2D eigenvalue weighted by molar-refractivity contribution is -0.0368. The van der Waals surface area contributed by atoms with E-state index in [4.69, 9.17) is 4.74 Å². The van der Waals surface area contributed by atoms with Gasteiger partial charge in [0.25, 0.3) is 5.56 Å². The SMILES string of the molecule is CCN(C)SNc1ccc(F)c(Oc2ccc3ncn(C4CC5(CCN(C6CCCCC6F)CC5)C4)c(=O)c3c2)c1C#N. The van der Waals surface area contributed by atoms with Gasteiger partial charge in [-0.25, -0.2) is 18.1 Å². The average molecular weight is 609 g/mol. The van der Waals surface area contributed by atoms with Crippen molar-refractivity contribution in [1.82, 2.24) is 18.8 Å². The number of likely N-dealkylation sites (tertiary alicyclic amines) is 1. The molecule has 2 heterocycles. The van der Waals surface area contributed by atoms with Crippen molar-refractivity contribution < 1.29 is 13.5 Å². The lowest BCUT2D eigenvalue weighted by atomic mass is 9.60. The second-order valence-electron chi connectivity index (χ2n) is 12.3. The number of benzene rings is 2. The summed E-state index contributed by atoms with van der Waals surface area (Å²) in [5, 5.41) is 10.2. The minimum Gasteiger partial charge on any atom is -0.453 e. The molecule has 228 valence electrons. The number of anilines is 1. The molecule has 11 heteroatoms. The molecule has 3 aliphatic rings. The van der Waals surface area contributed by atoms with Crippen LogP contribution in [-0.2, 0) is 0 Å². The highest BCUT2D eigenvalue weighted by atomic mass is 32.2. The molecule has 0 radical (unpaired) electrons. The molecule has 6 rings (SSSR count). The Morgan fingerprint density at radius 3 is 2.70 bits per heavy atom. The Hall–Kier alpha value is -3.20. The van der Waals surface area contributed by atoms with E-state index >= 15 is 0 Å². The van der Waals surface area contributed by atoms with Gasteiger partial charge in [-0.05, 0) is 94.4 Å². The maximum atomic E-state index is 14.9. The van der Waals surface area contributed by atoms with Gasteiger partial charge in [0.15, 0.2) is 11.6 Å². The van der Waals surface area contributed by atoms with Crippen LogP contribution in [0.25, 0.3) is 10.9 Å². The number of halogens is 2. The van der Waals surface area contributed by atoms with E-state index in [1.54, 1.807) is 29.1 Å². The molecule has 0 bridgehead atoms. The Kier molecular flexibility index (Phi) is 8.63. The van der Waals surface area contributed by atoms with Crippen molar-refractivity contribution in [3.8, 4) is 17.6 Å². The van der Waals surface area contributed by atoms with Gasteiger partial charge in [0.05, 0.1) is 22.9 Å². The first-order valence-electron chi connectivity index (χ1n) is 15.2. The lowest BCUT2D eigenvalue weighted by Gasteiger charge is -2.54. The summed E-state index contributed by atoms with van der Waals surface area (Å²) in [4.78, 5) is 20.5. The molecule has 2 saturated carbocycles. The van der Waals surface area contributed by atoms with Gasteiger partial charge in [0.2, 0.25) is 0 Å². The Morgan fingerprint density at radius 2 is 1.98 bits per heavy atom. The monoisotopic (exact) mass is 608 g/mol. The third kappa shape index (κ3) is 5.97. The minimum atomic E-state index is -0.705. The highest BCUT2D eigenvalue weighted by Gasteiger charge is 2.48. The van der Waals surface area contributed by atoms with Gasteiger partial charge in [-0.15, -0.1) is 0 Å². The molecule has 2 atom stereocenters. The van der Waals surface area contributed by atoms with E-state index in [1.165, 1.54) is 24.3 Å². The first-order chi connectivity index (χ1) is 20.8. The molecule has 1 aromatic heterocycles. The molecular weight excluding hydrogens is 570 g/mol. The van der Waals surface area contributed by atoms with Crippen LogP contribution in [0, 0.1) is 22.6 Å². The summed E-state index contributed by atoms with van der Waals surface area (Å²) in [6.07, 6.45) is 8.58. The van der Waals surface area contributed by atoms with E-state index in [1.807, 2.05) is 24.3 Å². The molecular formula is C32H38F2N6O2S.